The van der Waals surface area contributed by atoms with Crippen LogP contribution in [0, 0.1) is 0 Å². The molecule has 0 aliphatic heterocycles. The van der Waals surface area contributed by atoms with E-state index in [-0.39, 0.29) is 0 Å². The van der Waals surface area contributed by atoms with Gasteiger partial charge in [0.15, 0.2) is 0 Å². The van der Waals surface area contributed by atoms with Crippen LogP contribution >= 0.6 is 15.9 Å². The van der Waals surface area contributed by atoms with Gasteiger partial charge in [-0.2, -0.15) is 0 Å². The first-order valence-corrected chi connectivity index (χ1v) is 6.06. The summed E-state index contributed by atoms with van der Waals surface area (Å²) >= 11 is 3.54. The summed E-state index contributed by atoms with van der Waals surface area (Å²) in [5.74, 6) is 0.517. The van der Waals surface area contributed by atoms with E-state index >= 15 is 0 Å². The van der Waals surface area contributed by atoms with E-state index in [0.29, 0.717) is 5.92 Å². The first kappa shape index (κ1) is 10.6. The van der Waals surface area contributed by atoms with Crippen molar-refractivity contribution in [3.05, 3.63) is 40.6 Å². The summed E-state index contributed by atoms with van der Waals surface area (Å²) in [6.45, 7) is 4.42. The number of aromatic nitrogens is 1. The van der Waals surface area contributed by atoms with Crippen LogP contribution in [0.1, 0.15) is 31.9 Å². The highest BCUT2D eigenvalue weighted by Gasteiger charge is 2.10. The van der Waals surface area contributed by atoms with Gasteiger partial charge in [0.2, 0.25) is 0 Å². The molecule has 0 amide bonds. The van der Waals surface area contributed by atoms with E-state index in [1.807, 2.05) is 6.20 Å². The minimum absolute atomic E-state index is 0.517. The number of hydrogen-bond donors (Lipinski definition) is 0. The number of nitrogens with zero attached hydrogens (tertiary/aromatic N) is 1. The lowest BCUT2D eigenvalue weighted by molar-refractivity contribution is 0.715. The fraction of sp³-hybridized carbons (Fsp3) is 0.308. The number of halogens is 1. The van der Waals surface area contributed by atoms with Crippen LogP contribution in [-0.4, -0.2) is 4.98 Å². The van der Waals surface area contributed by atoms with Gasteiger partial charge in [-0.3, -0.25) is 4.98 Å². The molecule has 15 heavy (non-hydrogen) atoms. The molecule has 0 aliphatic carbocycles. The van der Waals surface area contributed by atoms with Gasteiger partial charge in [-0.15, -0.1) is 0 Å². The minimum Gasteiger partial charge on any atom is -0.259 e. The van der Waals surface area contributed by atoms with E-state index in [4.69, 9.17) is 0 Å². The molecule has 0 spiro atoms. The molecule has 0 radical (unpaired) electrons. The van der Waals surface area contributed by atoms with Gasteiger partial charge in [0.05, 0.1) is 5.69 Å². The molecule has 0 bridgehead atoms. The molecule has 2 heteroatoms. The maximum Gasteiger partial charge on any atom is 0.0510 e. The average Bonchev–Trinajstić information content (AvgIpc) is 2.29. The molecule has 1 aromatic carbocycles. The molecule has 1 unspecified atom stereocenters. The Morgan fingerprint density at radius 3 is 2.60 bits per heavy atom. The van der Waals surface area contributed by atoms with E-state index in [2.05, 4.69) is 59.0 Å². The summed E-state index contributed by atoms with van der Waals surface area (Å²) < 4.78 is 1.07. The Morgan fingerprint density at radius 2 is 1.93 bits per heavy atom. The van der Waals surface area contributed by atoms with Crippen LogP contribution in [0.25, 0.3) is 10.8 Å². The van der Waals surface area contributed by atoms with Gasteiger partial charge < -0.3 is 0 Å². The van der Waals surface area contributed by atoms with E-state index in [1.54, 1.807) is 0 Å². The fourth-order valence-corrected chi connectivity index (χ4v) is 2.21. The van der Waals surface area contributed by atoms with Gasteiger partial charge in [0.25, 0.3) is 0 Å². The quantitative estimate of drug-likeness (QED) is 0.777. The Labute approximate surface area is 98.7 Å². The number of fused-ring (bicyclic) bond motifs is 1. The Morgan fingerprint density at radius 1 is 1.27 bits per heavy atom. The molecular weight excluding hydrogens is 250 g/mol. The van der Waals surface area contributed by atoms with Gasteiger partial charge in [-0.1, -0.05) is 38.1 Å². The van der Waals surface area contributed by atoms with Crippen molar-refractivity contribution in [1.82, 2.24) is 4.98 Å². The summed E-state index contributed by atoms with van der Waals surface area (Å²) in [5, 5.41) is 2.52. The third-order valence-electron chi connectivity index (χ3n) is 2.86. The van der Waals surface area contributed by atoms with Crippen LogP contribution < -0.4 is 0 Å². The molecule has 2 aromatic rings. The maximum atomic E-state index is 4.53. The molecule has 0 aliphatic rings. The zero-order valence-corrected chi connectivity index (χ0v) is 10.6. The van der Waals surface area contributed by atoms with Crippen molar-refractivity contribution in [3.8, 4) is 0 Å². The van der Waals surface area contributed by atoms with Crippen LogP contribution in [0.2, 0.25) is 0 Å². The predicted octanol–water partition coefficient (Wildman–Crippen LogP) is 4.51. The largest absolute Gasteiger partial charge is 0.259 e. The summed E-state index contributed by atoms with van der Waals surface area (Å²) in [5.41, 5.74) is 1.20. The topological polar surface area (TPSA) is 12.9 Å². The van der Waals surface area contributed by atoms with Crippen molar-refractivity contribution in [3.63, 3.8) is 0 Å². The Hall–Kier alpha value is -0.890. The molecule has 2 rings (SSSR count). The molecule has 0 saturated heterocycles. The Kier molecular flexibility index (Phi) is 3.06. The molecule has 1 nitrogen and oxygen atoms in total. The molecule has 0 saturated carbocycles. The van der Waals surface area contributed by atoms with E-state index in [0.717, 1.165) is 10.9 Å². The molecular formula is C13H14BrN. The third kappa shape index (κ3) is 1.91. The number of rotatable bonds is 2. The van der Waals surface area contributed by atoms with Crippen molar-refractivity contribution >= 4 is 26.7 Å². The Bertz CT molecular complexity index is 479. The zero-order valence-electron chi connectivity index (χ0n) is 9.00. The molecule has 0 N–H and O–H groups in total. The monoisotopic (exact) mass is 263 g/mol. The van der Waals surface area contributed by atoms with Crippen molar-refractivity contribution in [2.45, 2.75) is 26.2 Å². The highest BCUT2D eigenvalue weighted by molar-refractivity contribution is 9.10. The first-order chi connectivity index (χ1) is 7.24. The third-order valence-corrected chi connectivity index (χ3v) is 3.49. The number of hydrogen-bond acceptors (Lipinski definition) is 1. The maximum absolute atomic E-state index is 4.53. The zero-order chi connectivity index (χ0) is 10.8. The SMILES string of the molecule is CCC(C)c1ncc(Br)c2ccccc12. The van der Waals surface area contributed by atoms with Crippen molar-refractivity contribution in [1.29, 1.82) is 0 Å². The molecule has 1 aromatic heterocycles. The van der Waals surface area contributed by atoms with Gasteiger partial charge >= 0.3 is 0 Å². The van der Waals surface area contributed by atoms with Crippen LogP contribution in [0.4, 0.5) is 0 Å². The van der Waals surface area contributed by atoms with Crippen LogP contribution in [0.15, 0.2) is 34.9 Å². The van der Waals surface area contributed by atoms with Crippen LogP contribution in [-0.2, 0) is 0 Å². The van der Waals surface area contributed by atoms with E-state index < -0.39 is 0 Å². The van der Waals surface area contributed by atoms with Crippen molar-refractivity contribution in [2.75, 3.05) is 0 Å². The normalized spacial score (nSPS) is 13.0. The minimum atomic E-state index is 0.517. The van der Waals surface area contributed by atoms with Crippen molar-refractivity contribution < 1.29 is 0 Å². The lowest BCUT2D eigenvalue weighted by Crippen LogP contribution is -1.97. The fourth-order valence-electron chi connectivity index (χ4n) is 1.77. The van der Waals surface area contributed by atoms with Crippen LogP contribution in [0.5, 0.6) is 0 Å². The van der Waals surface area contributed by atoms with Gasteiger partial charge in [0, 0.05) is 16.1 Å². The first-order valence-electron chi connectivity index (χ1n) is 5.27. The summed E-state index contributed by atoms with van der Waals surface area (Å²) in [6.07, 6.45) is 3.03. The van der Waals surface area contributed by atoms with E-state index in [1.165, 1.54) is 16.5 Å². The van der Waals surface area contributed by atoms with Crippen LogP contribution in [0.3, 0.4) is 0 Å². The van der Waals surface area contributed by atoms with Crippen molar-refractivity contribution in [2.24, 2.45) is 0 Å². The second-order valence-corrected chi connectivity index (χ2v) is 4.70. The summed E-state index contributed by atoms with van der Waals surface area (Å²) in [6, 6.07) is 8.41. The average molecular weight is 264 g/mol. The molecule has 1 heterocycles. The standard InChI is InChI=1S/C13H14BrN/c1-3-9(2)13-11-7-5-4-6-10(11)12(14)8-15-13/h4-9H,3H2,1-2H3. The molecule has 78 valence electrons. The Balaban J connectivity index is 2.71. The van der Waals surface area contributed by atoms with E-state index in [9.17, 15) is 0 Å². The second kappa shape index (κ2) is 4.31. The predicted molar refractivity (Wildman–Crippen MR) is 68.1 cm³/mol. The lowest BCUT2D eigenvalue weighted by Gasteiger charge is -2.12. The lowest BCUT2D eigenvalue weighted by atomic mass is 9.99. The van der Waals surface area contributed by atoms with Gasteiger partial charge in [0.1, 0.15) is 0 Å². The smallest absolute Gasteiger partial charge is 0.0510 e. The molecule has 1 atom stereocenters. The number of pyridine rings is 1. The number of benzene rings is 1. The van der Waals surface area contributed by atoms with Gasteiger partial charge in [-0.05, 0) is 33.7 Å². The summed E-state index contributed by atoms with van der Waals surface area (Å²) in [4.78, 5) is 4.53. The molecule has 0 fully saturated rings. The second-order valence-electron chi connectivity index (χ2n) is 3.85. The highest BCUT2D eigenvalue weighted by Crippen LogP contribution is 2.29. The summed E-state index contributed by atoms with van der Waals surface area (Å²) in [7, 11) is 0. The highest BCUT2D eigenvalue weighted by atomic mass is 79.9. The van der Waals surface area contributed by atoms with Gasteiger partial charge in [-0.25, -0.2) is 0 Å².